The van der Waals surface area contributed by atoms with E-state index in [4.69, 9.17) is 0 Å². The quantitative estimate of drug-likeness (QED) is 0.679. The van der Waals surface area contributed by atoms with E-state index in [0.29, 0.717) is 16.3 Å². The predicted octanol–water partition coefficient (Wildman–Crippen LogP) is 1.27. The van der Waals surface area contributed by atoms with E-state index in [-0.39, 0.29) is 5.56 Å². The van der Waals surface area contributed by atoms with Crippen LogP contribution in [-0.2, 0) is 19.1 Å². The maximum atomic E-state index is 11.9. The SMILES string of the molecule is COC(=O)C(C(=O)OC)c1c[nH]c(=O)c2ccc(C)cc12. The van der Waals surface area contributed by atoms with Crippen molar-refractivity contribution in [2.75, 3.05) is 14.2 Å². The van der Waals surface area contributed by atoms with Crippen molar-refractivity contribution in [3.05, 3.63) is 45.9 Å². The van der Waals surface area contributed by atoms with E-state index in [2.05, 4.69) is 14.5 Å². The Hall–Kier alpha value is -2.63. The minimum absolute atomic E-state index is 0.290. The van der Waals surface area contributed by atoms with Crippen molar-refractivity contribution < 1.29 is 19.1 Å². The number of fused-ring (bicyclic) bond motifs is 1. The Labute approximate surface area is 120 Å². The monoisotopic (exact) mass is 289 g/mol. The van der Waals surface area contributed by atoms with Gasteiger partial charge in [0.25, 0.3) is 5.56 Å². The molecule has 2 aromatic rings. The van der Waals surface area contributed by atoms with Gasteiger partial charge in [-0.3, -0.25) is 14.4 Å². The minimum Gasteiger partial charge on any atom is -0.468 e. The zero-order chi connectivity index (χ0) is 15.6. The van der Waals surface area contributed by atoms with Crippen molar-refractivity contribution >= 4 is 22.7 Å². The molecular formula is C15H15NO5. The van der Waals surface area contributed by atoms with Crippen LogP contribution in [0, 0.1) is 6.92 Å². The number of H-pyrrole nitrogens is 1. The van der Waals surface area contributed by atoms with Gasteiger partial charge in [-0.2, -0.15) is 0 Å². The third-order valence-electron chi connectivity index (χ3n) is 3.27. The number of rotatable bonds is 3. The van der Waals surface area contributed by atoms with E-state index < -0.39 is 17.9 Å². The van der Waals surface area contributed by atoms with Crippen LogP contribution in [-0.4, -0.2) is 31.1 Å². The highest BCUT2D eigenvalue weighted by molar-refractivity contribution is 6.04. The third kappa shape index (κ3) is 2.65. The van der Waals surface area contributed by atoms with Gasteiger partial charge >= 0.3 is 11.9 Å². The summed E-state index contributed by atoms with van der Waals surface area (Å²) < 4.78 is 9.33. The average Bonchev–Trinajstić information content (AvgIpc) is 2.49. The number of methoxy groups -OCH3 is 2. The van der Waals surface area contributed by atoms with E-state index in [1.165, 1.54) is 20.4 Å². The second kappa shape index (κ2) is 5.78. The zero-order valence-electron chi connectivity index (χ0n) is 11.9. The predicted molar refractivity (Wildman–Crippen MR) is 76.1 cm³/mol. The van der Waals surface area contributed by atoms with Crippen LogP contribution in [0.5, 0.6) is 0 Å². The molecule has 0 atom stereocenters. The van der Waals surface area contributed by atoms with Crippen LogP contribution >= 0.6 is 0 Å². The van der Waals surface area contributed by atoms with Crippen LogP contribution in [0.25, 0.3) is 10.8 Å². The van der Waals surface area contributed by atoms with Crippen LogP contribution < -0.4 is 5.56 Å². The van der Waals surface area contributed by atoms with Crippen LogP contribution in [0.15, 0.2) is 29.2 Å². The second-order valence-corrected chi connectivity index (χ2v) is 4.60. The normalized spacial score (nSPS) is 10.7. The summed E-state index contributed by atoms with van der Waals surface area (Å²) in [4.78, 5) is 38.2. The molecule has 0 saturated carbocycles. The van der Waals surface area contributed by atoms with Crippen LogP contribution in [0.4, 0.5) is 0 Å². The summed E-state index contributed by atoms with van der Waals surface area (Å²) in [6, 6.07) is 5.18. The van der Waals surface area contributed by atoms with Crippen molar-refractivity contribution in [3.63, 3.8) is 0 Å². The number of aromatic amines is 1. The molecule has 6 heteroatoms. The van der Waals surface area contributed by atoms with E-state index in [1.807, 2.05) is 6.92 Å². The highest BCUT2D eigenvalue weighted by Gasteiger charge is 2.32. The molecule has 0 saturated heterocycles. The van der Waals surface area contributed by atoms with Crippen LogP contribution in [0.2, 0.25) is 0 Å². The molecule has 0 aliphatic carbocycles. The number of pyridine rings is 1. The highest BCUT2D eigenvalue weighted by atomic mass is 16.5. The average molecular weight is 289 g/mol. The molecule has 0 aliphatic heterocycles. The van der Waals surface area contributed by atoms with Crippen LogP contribution in [0.3, 0.4) is 0 Å². The summed E-state index contributed by atoms with van der Waals surface area (Å²) in [6.45, 7) is 1.86. The number of carbonyl (C=O) groups excluding carboxylic acids is 2. The molecule has 0 amide bonds. The minimum atomic E-state index is -1.24. The molecule has 1 aromatic heterocycles. The summed E-state index contributed by atoms with van der Waals surface area (Å²) >= 11 is 0. The fourth-order valence-electron chi connectivity index (χ4n) is 2.22. The third-order valence-corrected chi connectivity index (χ3v) is 3.27. The van der Waals surface area contributed by atoms with Crippen molar-refractivity contribution in [1.29, 1.82) is 0 Å². The van der Waals surface area contributed by atoms with Gasteiger partial charge in [0.15, 0.2) is 5.92 Å². The Morgan fingerprint density at radius 2 is 1.71 bits per heavy atom. The first-order valence-corrected chi connectivity index (χ1v) is 6.27. The molecular weight excluding hydrogens is 274 g/mol. The van der Waals surface area contributed by atoms with Crippen molar-refractivity contribution in [3.8, 4) is 0 Å². The number of esters is 2. The van der Waals surface area contributed by atoms with Crippen molar-refractivity contribution in [2.24, 2.45) is 0 Å². The lowest BCUT2D eigenvalue weighted by molar-refractivity contribution is -0.154. The molecule has 0 unspecified atom stereocenters. The lowest BCUT2D eigenvalue weighted by Crippen LogP contribution is -2.25. The number of nitrogens with one attached hydrogen (secondary N) is 1. The standard InChI is InChI=1S/C15H15NO5/c1-8-4-5-9-10(6-8)11(7-16-13(9)17)12(14(18)20-2)15(19)21-3/h4-7,12H,1-3H3,(H,16,17). The fourth-order valence-corrected chi connectivity index (χ4v) is 2.22. The Bertz CT molecular complexity index is 746. The first-order chi connectivity index (χ1) is 9.99. The van der Waals surface area contributed by atoms with Gasteiger partial charge in [0.2, 0.25) is 0 Å². The Morgan fingerprint density at radius 3 is 2.29 bits per heavy atom. The number of aryl methyl sites for hydroxylation is 1. The second-order valence-electron chi connectivity index (χ2n) is 4.60. The van der Waals surface area contributed by atoms with E-state index in [0.717, 1.165) is 5.56 Å². The molecule has 0 bridgehead atoms. The number of ether oxygens (including phenoxy) is 2. The first-order valence-electron chi connectivity index (χ1n) is 6.27. The number of hydrogen-bond acceptors (Lipinski definition) is 5. The molecule has 1 N–H and O–H groups in total. The number of benzene rings is 1. The van der Waals surface area contributed by atoms with Crippen LogP contribution in [0.1, 0.15) is 17.0 Å². The molecule has 110 valence electrons. The summed E-state index contributed by atoms with van der Waals surface area (Å²) in [7, 11) is 2.38. The highest BCUT2D eigenvalue weighted by Crippen LogP contribution is 2.26. The van der Waals surface area contributed by atoms with E-state index >= 15 is 0 Å². The smallest absolute Gasteiger partial charge is 0.324 e. The lowest BCUT2D eigenvalue weighted by Gasteiger charge is -2.15. The molecule has 0 aliphatic rings. The first kappa shape index (κ1) is 14.8. The fraction of sp³-hybridized carbons (Fsp3) is 0.267. The Kier molecular flexibility index (Phi) is 4.07. The maximum absolute atomic E-state index is 11.9. The van der Waals surface area contributed by atoms with Gasteiger partial charge < -0.3 is 14.5 Å². The van der Waals surface area contributed by atoms with Gasteiger partial charge in [-0.05, 0) is 18.4 Å². The molecule has 0 radical (unpaired) electrons. The summed E-state index contributed by atoms with van der Waals surface area (Å²) in [6.07, 6.45) is 1.35. The van der Waals surface area contributed by atoms with Gasteiger partial charge in [-0.25, -0.2) is 0 Å². The number of aromatic nitrogens is 1. The summed E-state index contributed by atoms with van der Waals surface area (Å²) in [5, 5.41) is 0.926. The van der Waals surface area contributed by atoms with Crippen molar-refractivity contribution in [2.45, 2.75) is 12.8 Å². The van der Waals surface area contributed by atoms with E-state index in [1.54, 1.807) is 18.2 Å². The van der Waals surface area contributed by atoms with Crippen molar-refractivity contribution in [1.82, 2.24) is 4.98 Å². The van der Waals surface area contributed by atoms with E-state index in [9.17, 15) is 14.4 Å². The molecule has 1 aromatic carbocycles. The number of hydrogen-bond donors (Lipinski definition) is 1. The molecule has 0 spiro atoms. The zero-order valence-corrected chi connectivity index (χ0v) is 11.9. The van der Waals surface area contributed by atoms with Gasteiger partial charge in [-0.15, -0.1) is 0 Å². The van der Waals surface area contributed by atoms with Gasteiger partial charge in [0, 0.05) is 17.1 Å². The molecule has 2 rings (SSSR count). The summed E-state index contributed by atoms with van der Waals surface area (Å²) in [5.74, 6) is -2.71. The maximum Gasteiger partial charge on any atom is 0.324 e. The lowest BCUT2D eigenvalue weighted by atomic mass is 9.94. The molecule has 6 nitrogen and oxygen atoms in total. The van der Waals surface area contributed by atoms with Gasteiger partial charge in [0.1, 0.15) is 0 Å². The Morgan fingerprint density at radius 1 is 1.10 bits per heavy atom. The summed E-state index contributed by atoms with van der Waals surface area (Å²) in [5.41, 5.74) is 0.970. The molecule has 21 heavy (non-hydrogen) atoms. The molecule has 1 heterocycles. The topological polar surface area (TPSA) is 85.5 Å². The number of carbonyl (C=O) groups is 2. The molecule has 0 fully saturated rings. The van der Waals surface area contributed by atoms with Gasteiger partial charge in [0.05, 0.1) is 14.2 Å². The Balaban J connectivity index is 2.77. The van der Waals surface area contributed by atoms with Gasteiger partial charge in [-0.1, -0.05) is 17.7 Å². The largest absolute Gasteiger partial charge is 0.468 e.